The summed E-state index contributed by atoms with van der Waals surface area (Å²) in [6, 6.07) is -0.332. The minimum Gasteiger partial charge on any atom is -0.469 e. The molecule has 0 saturated carbocycles. The van der Waals surface area contributed by atoms with Crippen LogP contribution in [0.2, 0.25) is 0 Å². The van der Waals surface area contributed by atoms with E-state index >= 15 is 0 Å². The number of esters is 1. The van der Waals surface area contributed by atoms with E-state index in [0.717, 1.165) is 5.56 Å². The molecule has 0 unspecified atom stereocenters. The van der Waals surface area contributed by atoms with Gasteiger partial charge in [0.25, 0.3) is 0 Å². The zero-order chi connectivity index (χ0) is 9.84. The number of aromatic nitrogens is 2. The lowest BCUT2D eigenvalue weighted by Crippen LogP contribution is -2.15. The summed E-state index contributed by atoms with van der Waals surface area (Å²) < 4.78 is 6.15. The normalized spacial score (nSPS) is 12.5. The molecule has 2 N–H and O–H groups in total. The number of ether oxygens (including phenoxy) is 1. The molecule has 13 heavy (non-hydrogen) atoms. The van der Waals surface area contributed by atoms with E-state index in [1.54, 1.807) is 24.1 Å². The Kier molecular flexibility index (Phi) is 3.02. The molecule has 1 aromatic heterocycles. The Morgan fingerprint density at radius 1 is 1.85 bits per heavy atom. The van der Waals surface area contributed by atoms with Crippen LogP contribution in [0.15, 0.2) is 12.4 Å². The second-order valence-electron chi connectivity index (χ2n) is 2.83. The molecule has 0 saturated heterocycles. The Morgan fingerprint density at radius 3 is 3.00 bits per heavy atom. The Balaban J connectivity index is 2.58. The SMILES string of the molecule is COC(=O)C[C@@H](N)c1cnn(C)c1. The van der Waals surface area contributed by atoms with Gasteiger partial charge >= 0.3 is 5.97 Å². The average molecular weight is 183 g/mol. The highest BCUT2D eigenvalue weighted by Gasteiger charge is 2.12. The van der Waals surface area contributed by atoms with Gasteiger partial charge in [-0.2, -0.15) is 5.10 Å². The molecule has 1 rings (SSSR count). The van der Waals surface area contributed by atoms with Crippen LogP contribution >= 0.6 is 0 Å². The topological polar surface area (TPSA) is 70.1 Å². The van der Waals surface area contributed by atoms with Crippen LogP contribution < -0.4 is 5.73 Å². The maximum atomic E-state index is 10.9. The van der Waals surface area contributed by atoms with E-state index in [1.807, 2.05) is 0 Å². The molecule has 0 spiro atoms. The maximum Gasteiger partial charge on any atom is 0.307 e. The van der Waals surface area contributed by atoms with Crippen molar-refractivity contribution in [3.8, 4) is 0 Å². The van der Waals surface area contributed by atoms with Crippen molar-refractivity contribution in [3.05, 3.63) is 18.0 Å². The van der Waals surface area contributed by atoms with Gasteiger partial charge < -0.3 is 10.5 Å². The van der Waals surface area contributed by atoms with Crippen LogP contribution in [0.1, 0.15) is 18.0 Å². The van der Waals surface area contributed by atoms with Gasteiger partial charge in [-0.15, -0.1) is 0 Å². The summed E-state index contributed by atoms with van der Waals surface area (Å²) in [5.74, 6) is -0.309. The Bertz CT molecular complexity index is 295. The number of methoxy groups -OCH3 is 1. The lowest BCUT2D eigenvalue weighted by molar-refractivity contribution is -0.141. The van der Waals surface area contributed by atoms with E-state index < -0.39 is 0 Å². The maximum absolute atomic E-state index is 10.9. The lowest BCUT2D eigenvalue weighted by Gasteiger charge is -2.06. The molecule has 1 aromatic rings. The number of nitrogens with two attached hydrogens (primary N) is 1. The van der Waals surface area contributed by atoms with Crippen LogP contribution in [-0.4, -0.2) is 22.9 Å². The molecule has 5 nitrogen and oxygen atoms in total. The van der Waals surface area contributed by atoms with Crippen LogP contribution in [0.5, 0.6) is 0 Å². The molecule has 0 amide bonds. The van der Waals surface area contributed by atoms with Gasteiger partial charge in [0.05, 0.1) is 19.7 Å². The smallest absolute Gasteiger partial charge is 0.307 e. The summed E-state index contributed by atoms with van der Waals surface area (Å²) >= 11 is 0. The van der Waals surface area contributed by atoms with Gasteiger partial charge in [-0.1, -0.05) is 0 Å². The van der Waals surface area contributed by atoms with Gasteiger partial charge in [-0.25, -0.2) is 0 Å². The van der Waals surface area contributed by atoms with Gasteiger partial charge in [-0.05, 0) is 0 Å². The van der Waals surface area contributed by atoms with E-state index in [2.05, 4.69) is 9.84 Å². The number of hydrogen-bond acceptors (Lipinski definition) is 4. The fourth-order valence-electron chi connectivity index (χ4n) is 1.01. The van der Waals surface area contributed by atoms with E-state index in [0.29, 0.717) is 0 Å². The summed E-state index contributed by atoms with van der Waals surface area (Å²) in [7, 11) is 3.15. The van der Waals surface area contributed by atoms with Crippen molar-refractivity contribution in [1.29, 1.82) is 0 Å². The quantitative estimate of drug-likeness (QED) is 0.669. The second kappa shape index (κ2) is 4.04. The zero-order valence-corrected chi connectivity index (χ0v) is 7.73. The van der Waals surface area contributed by atoms with Gasteiger partial charge in [0.15, 0.2) is 0 Å². The zero-order valence-electron chi connectivity index (χ0n) is 7.73. The van der Waals surface area contributed by atoms with Gasteiger partial charge in [0, 0.05) is 24.8 Å². The lowest BCUT2D eigenvalue weighted by atomic mass is 10.1. The largest absolute Gasteiger partial charge is 0.469 e. The summed E-state index contributed by atoms with van der Waals surface area (Å²) in [6.45, 7) is 0. The fraction of sp³-hybridized carbons (Fsp3) is 0.500. The second-order valence-corrected chi connectivity index (χ2v) is 2.83. The van der Waals surface area contributed by atoms with E-state index in [4.69, 9.17) is 5.73 Å². The highest BCUT2D eigenvalue weighted by Crippen LogP contribution is 2.12. The van der Waals surface area contributed by atoms with E-state index in [9.17, 15) is 4.79 Å². The predicted octanol–water partition coefficient (Wildman–Crippen LogP) is -0.0170. The van der Waals surface area contributed by atoms with Crippen LogP contribution in [0.3, 0.4) is 0 Å². The number of carbonyl (C=O) groups is 1. The summed E-state index contributed by atoms with van der Waals surface area (Å²) in [5, 5.41) is 3.96. The van der Waals surface area contributed by atoms with Gasteiger partial charge in [0.2, 0.25) is 0 Å². The highest BCUT2D eigenvalue weighted by molar-refractivity contribution is 5.70. The summed E-state index contributed by atoms with van der Waals surface area (Å²) in [4.78, 5) is 10.9. The van der Waals surface area contributed by atoms with Crippen molar-refractivity contribution in [2.75, 3.05) is 7.11 Å². The molecule has 0 bridgehead atoms. The van der Waals surface area contributed by atoms with Crippen LogP contribution in [0.25, 0.3) is 0 Å². The molecule has 0 aliphatic rings. The third-order valence-electron chi connectivity index (χ3n) is 1.77. The first-order valence-electron chi connectivity index (χ1n) is 3.94. The minimum absolute atomic E-state index is 0.183. The third-order valence-corrected chi connectivity index (χ3v) is 1.77. The first-order valence-corrected chi connectivity index (χ1v) is 3.94. The number of nitrogens with zero attached hydrogens (tertiary/aromatic N) is 2. The predicted molar refractivity (Wildman–Crippen MR) is 46.8 cm³/mol. The summed E-state index contributed by atoms with van der Waals surface area (Å²) in [6.07, 6.45) is 3.61. The molecule has 5 heteroatoms. The first kappa shape index (κ1) is 9.73. The minimum atomic E-state index is -0.332. The Hall–Kier alpha value is -1.36. The number of hydrogen-bond donors (Lipinski definition) is 1. The monoisotopic (exact) mass is 183 g/mol. The molecule has 1 heterocycles. The van der Waals surface area contributed by atoms with Crippen molar-refractivity contribution in [3.63, 3.8) is 0 Å². The molecule has 0 aliphatic carbocycles. The average Bonchev–Trinajstić information content (AvgIpc) is 2.51. The van der Waals surface area contributed by atoms with Gasteiger partial charge in [-0.3, -0.25) is 9.48 Å². The molecule has 0 radical (unpaired) electrons. The van der Waals surface area contributed by atoms with Crippen molar-refractivity contribution in [2.24, 2.45) is 12.8 Å². The van der Waals surface area contributed by atoms with Crippen LogP contribution in [0, 0.1) is 0 Å². The van der Waals surface area contributed by atoms with Gasteiger partial charge in [0.1, 0.15) is 0 Å². The standard InChI is InChI=1S/C8H13N3O2/c1-11-5-6(4-10-11)7(9)3-8(12)13-2/h4-5,7H,3,9H2,1-2H3/t7-/m1/s1. The molecule has 0 fully saturated rings. The molecule has 72 valence electrons. The molecular formula is C8H13N3O2. The van der Waals surface area contributed by atoms with Crippen LogP contribution in [-0.2, 0) is 16.6 Å². The van der Waals surface area contributed by atoms with Crippen LogP contribution in [0.4, 0.5) is 0 Å². The van der Waals surface area contributed by atoms with Crippen molar-refractivity contribution >= 4 is 5.97 Å². The molecule has 0 aliphatic heterocycles. The van der Waals surface area contributed by atoms with Crippen molar-refractivity contribution in [2.45, 2.75) is 12.5 Å². The molecular weight excluding hydrogens is 170 g/mol. The first-order chi connectivity index (χ1) is 6.13. The van der Waals surface area contributed by atoms with E-state index in [1.165, 1.54) is 7.11 Å². The molecule has 0 aromatic carbocycles. The number of aryl methyl sites for hydroxylation is 1. The third kappa shape index (κ3) is 2.55. The highest BCUT2D eigenvalue weighted by atomic mass is 16.5. The van der Waals surface area contributed by atoms with E-state index in [-0.39, 0.29) is 18.4 Å². The molecule has 1 atom stereocenters. The number of rotatable bonds is 3. The summed E-state index contributed by atoms with van der Waals surface area (Å²) in [5.41, 5.74) is 6.57. The van der Waals surface area contributed by atoms with Crippen molar-refractivity contribution in [1.82, 2.24) is 9.78 Å². The Morgan fingerprint density at radius 2 is 2.54 bits per heavy atom. The fourth-order valence-corrected chi connectivity index (χ4v) is 1.01. The van der Waals surface area contributed by atoms with Crippen molar-refractivity contribution < 1.29 is 9.53 Å². The number of carbonyl (C=O) groups excluding carboxylic acids is 1. The Labute approximate surface area is 76.5 Å².